The highest BCUT2D eigenvalue weighted by molar-refractivity contribution is 7.91. The molecule has 0 spiro atoms. The zero-order valence-electron chi connectivity index (χ0n) is 15.2. The van der Waals surface area contributed by atoms with Gasteiger partial charge in [-0.1, -0.05) is 5.16 Å². The molecule has 0 bridgehead atoms. The molecule has 0 saturated carbocycles. The molecule has 3 rings (SSSR count). The van der Waals surface area contributed by atoms with Gasteiger partial charge in [-0.15, -0.1) is 0 Å². The molecule has 1 aliphatic heterocycles. The van der Waals surface area contributed by atoms with Crippen LogP contribution in [0.25, 0.3) is 0 Å². The van der Waals surface area contributed by atoms with Crippen molar-refractivity contribution in [1.82, 2.24) is 10.3 Å². The summed E-state index contributed by atoms with van der Waals surface area (Å²) in [6.07, 6.45) is 1.79. The van der Waals surface area contributed by atoms with E-state index in [1.54, 1.807) is 12.1 Å². The summed E-state index contributed by atoms with van der Waals surface area (Å²) in [5.74, 6) is -0.143. The van der Waals surface area contributed by atoms with E-state index in [0.717, 1.165) is 0 Å². The molecule has 2 aromatic rings. The summed E-state index contributed by atoms with van der Waals surface area (Å²) in [4.78, 5) is 20.8. The lowest BCUT2D eigenvalue weighted by atomic mass is 10.2. The van der Waals surface area contributed by atoms with E-state index in [1.165, 1.54) is 30.5 Å². The summed E-state index contributed by atoms with van der Waals surface area (Å²) in [7, 11) is -3.07. The molecule has 1 atom stereocenters. The average Bonchev–Trinajstić information content (AvgIpc) is 3.02. The van der Waals surface area contributed by atoms with Crippen molar-refractivity contribution in [3.05, 3.63) is 54.0 Å². The highest BCUT2D eigenvalue weighted by Gasteiger charge is 2.28. The number of carbonyl (C=O) groups is 1. The number of amides is 1. The minimum absolute atomic E-state index is 0.00192. The van der Waals surface area contributed by atoms with Crippen molar-refractivity contribution in [3.8, 4) is 11.6 Å². The van der Waals surface area contributed by atoms with Crippen molar-refractivity contribution in [3.63, 3.8) is 0 Å². The van der Waals surface area contributed by atoms with Crippen molar-refractivity contribution < 1.29 is 27.2 Å². The third kappa shape index (κ3) is 6.14. The fourth-order valence-electron chi connectivity index (χ4n) is 2.61. The van der Waals surface area contributed by atoms with Gasteiger partial charge in [-0.3, -0.25) is 4.79 Å². The number of amidine groups is 1. The van der Waals surface area contributed by atoms with Crippen LogP contribution in [0.15, 0.2) is 47.8 Å². The Labute approximate surface area is 166 Å². The number of ether oxygens (including phenoxy) is 1. The van der Waals surface area contributed by atoms with Crippen LogP contribution in [-0.2, 0) is 19.5 Å². The molecule has 1 amide bonds. The predicted octanol–water partition coefficient (Wildman–Crippen LogP) is 0.953. The number of aromatic nitrogens is 1. The summed E-state index contributed by atoms with van der Waals surface area (Å²) in [5, 5.41) is 6.23. The molecule has 11 heteroatoms. The molecule has 1 fully saturated rings. The minimum Gasteiger partial charge on any atom is -0.439 e. The number of nitrogens with zero attached hydrogens (tertiary/aromatic N) is 2. The standard InChI is InChI=1S/C18H19FN4O5S/c19-13-2-4-15(5-3-13)28-17-6-1-12(9-21-17)18(20)23-27-10-16(24)22-14-7-8-29(25,26)11-14/h1-6,9,14H,7-8,10-11H2,(H2,20,23)(H,22,24). The second-order valence-corrected chi connectivity index (χ2v) is 8.59. The van der Waals surface area contributed by atoms with E-state index >= 15 is 0 Å². The first kappa shape index (κ1) is 20.5. The van der Waals surface area contributed by atoms with Crippen molar-refractivity contribution in [2.75, 3.05) is 18.1 Å². The van der Waals surface area contributed by atoms with Crippen LogP contribution in [0, 0.1) is 5.82 Å². The van der Waals surface area contributed by atoms with E-state index in [-0.39, 0.29) is 29.0 Å². The summed E-state index contributed by atoms with van der Waals surface area (Å²) >= 11 is 0. The number of nitrogens with one attached hydrogen (secondary N) is 1. The number of benzene rings is 1. The molecule has 3 N–H and O–H groups in total. The molecule has 1 aromatic heterocycles. The van der Waals surface area contributed by atoms with Crippen LogP contribution < -0.4 is 15.8 Å². The number of halogens is 1. The Hall–Kier alpha value is -3.21. The number of oxime groups is 1. The van der Waals surface area contributed by atoms with E-state index in [4.69, 9.17) is 15.3 Å². The van der Waals surface area contributed by atoms with Gasteiger partial charge in [-0.25, -0.2) is 17.8 Å². The summed E-state index contributed by atoms with van der Waals surface area (Å²) in [6.45, 7) is -0.392. The van der Waals surface area contributed by atoms with Crippen LogP contribution in [0.2, 0.25) is 0 Å². The van der Waals surface area contributed by atoms with Gasteiger partial charge in [0.1, 0.15) is 11.6 Å². The number of hydrogen-bond acceptors (Lipinski definition) is 7. The molecule has 0 aliphatic carbocycles. The van der Waals surface area contributed by atoms with Gasteiger partial charge in [-0.2, -0.15) is 0 Å². The Balaban J connectivity index is 1.48. The Morgan fingerprint density at radius 2 is 2.03 bits per heavy atom. The van der Waals surface area contributed by atoms with E-state index in [0.29, 0.717) is 17.7 Å². The van der Waals surface area contributed by atoms with Gasteiger partial charge in [-0.05, 0) is 36.8 Å². The van der Waals surface area contributed by atoms with Gasteiger partial charge >= 0.3 is 0 Å². The fourth-order valence-corrected chi connectivity index (χ4v) is 4.28. The van der Waals surface area contributed by atoms with Crippen LogP contribution in [0.5, 0.6) is 11.6 Å². The van der Waals surface area contributed by atoms with Crippen LogP contribution in [0.1, 0.15) is 12.0 Å². The zero-order valence-corrected chi connectivity index (χ0v) is 16.1. The molecule has 1 aliphatic rings. The number of rotatable bonds is 7. The van der Waals surface area contributed by atoms with Crippen molar-refractivity contribution in [2.45, 2.75) is 12.5 Å². The number of hydrogen-bond donors (Lipinski definition) is 2. The Morgan fingerprint density at radius 1 is 1.28 bits per heavy atom. The zero-order chi connectivity index (χ0) is 20.9. The molecule has 2 heterocycles. The second-order valence-electron chi connectivity index (χ2n) is 6.36. The lowest BCUT2D eigenvalue weighted by Crippen LogP contribution is -2.37. The van der Waals surface area contributed by atoms with E-state index in [9.17, 15) is 17.6 Å². The van der Waals surface area contributed by atoms with E-state index in [2.05, 4.69) is 15.5 Å². The maximum absolute atomic E-state index is 12.9. The van der Waals surface area contributed by atoms with Crippen LogP contribution >= 0.6 is 0 Å². The van der Waals surface area contributed by atoms with Crippen LogP contribution in [0.4, 0.5) is 4.39 Å². The van der Waals surface area contributed by atoms with Gasteiger partial charge in [0.2, 0.25) is 5.88 Å². The first-order chi connectivity index (χ1) is 13.8. The van der Waals surface area contributed by atoms with Gasteiger partial charge in [0, 0.05) is 23.9 Å². The quantitative estimate of drug-likeness (QED) is 0.386. The second kappa shape index (κ2) is 8.86. The van der Waals surface area contributed by atoms with Gasteiger partial charge < -0.3 is 20.6 Å². The van der Waals surface area contributed by atoms with Crippen LogP contribution in [-0.4, -0.2) is 49.3 Å². The van der Waals surface area contributed by atoms with Gasteiger partial charge in [0.25, 0.3) is 5.91 Å². The normalized spacial score (nSPS) is 18.2. The third-order valence-corrected chi connectivity index (χ3v) is 5.79. The highest BCUT2D eigenvalue weighted by Crippen LogP contribution is 2.19. The van der Waals surface area contributed by atoms with E-state index < -0.39 is 28.4 Å². The number of carbonyl (C=O) groups excluding carboxylic acids is 1. The summed E-state index contributed by atoms with van der Waals surface area (Å²) in [6, 6.07) is 8.23. The minimum atomic E-state index is -3.07. The topological polar surface area (TPSA) is 133 Å². The van der Waals surface area contributed by atoms with Gasteiger partial charge in [0.15, 0.2) is 22.3 Å². The Morgan fingerprint density at radius 3 is 2.66 bits per heavy atom. The van der Waals surface area contributed by atoms with Gasteiger partial charge in [0.05, 0.1) is 11.5 Å². The molecule has 154 valence electrons. The predicted molar refractivity (Wildman–Crippen MR) is 103 cm³/mol. The lowest BCUT2D eigenvalue weighted by molar-refractivity contribution is -0.126. The maximum atomic E-state index is 12.9. The molecule has 1 aromatic carbocycles. The molecule has 29 heavy (non-hydrogen) atoms. The van der Waals surface area contributed by atoms with Crippen molar-refractivity contribution in [2.24, 2.45) is 10.9 Å². The Kier molecular flexibility index (Phi) is 6.27. The maximum Gasteiger partial charge on any atom is 0.261 e. The smallest absolute Gasteiger partial charge is 0.261 e. The third-order valence-electron chi connectivity index (χ3n) is 4.02. The summed E-state index contributed by atoms with van der Waals surface area (Å²) < 4.78 is 41.1. The number of sulfone groups is 1. The molecular formula is C18H19FN4O5S. The number of nitrogens with two attached hydrogens (primary N) is 1. The lowest BCUT2D eigenvalue weighted by Gasteiger charge is -2.10. The average molecular weight is 422 g/mol. The SMILES string of the molecule is N/C(=N/OCC(=O)NC1CCS(=O)(=O)C1)c1ccc(Oc2ccc(F)cc2)nc1. The van der Waals surface area contributed by atoms with Crippen LogP contribution in [0.3, 0.4) is 0 Å². The first-order valence-electron chi connectivity index (χ1n) is 8.66. The van der Waals surface area contributed by atoms with E-state index in [1.807, 2.05) is 0 Å². The monoisotopic (exact) mass is 422 g/mol. The first-order valence-corrected chi connectivity index (χ1v) is 10.5. The highest BCUT2D eigenvalue weighted by atomic mass is 32.2. The summed E-state index contributed by atoms with van der Waals surface area (Å²) in [5.41, 5.74) is 6.23. The van der Waals surface area contributed by atoms with Crippen molar-refractivity contribution in [1.29, 1.82) is 0 Å². The van der Waals surface area contributed by atoms with Crippen molar-refractivity contribution >= 4 is 21.6 Å². The molecular weight excluding hydrogens is 403 g/mol. The molecule has 9 nitrogen and oxygen atoms in total. The largest absolute Gasteiger partial charge is 0.439 e. The Bertz CT molecular complexity index is 994. The molecule has 1 unspecified atom stereocenters. The fraction of sp³-hybridized carbons (Fsp3) is 0.278. The molecule has 0 radical (unpaired) electrons. The number of pyridine rings is 1. The molecule has 1 saturated heterocycles.